The summed E-state index contributed by atoms with van der Waals surface area (Å²) in [6.07, 6.45) is 0.435. The zero-order valence-corrected chi connectivity index (χ0v) is 21.8. The summed E-state index contributed by atoms with van der Waals surface area (Å²) < 4.78 is 5.97. The average Bonchev–Trinajstić information content (AvgIpc) is 2.73. The van der Waals surface area contributed by atoms with Crippen molar-refractivity contribution < 1.29 is 14.3 Å². The van der Waals surface area contributed by atoms with Crippen molar-refractivity contribution in [2.45, 2.75) is 72.0 Å². The van der Waals surface area contributed by atoms with Crippen LogP contribution in [-0.2, 0) is 21.5 Å². The largest absolute Gasteiger partial charge is 0.483 e. The average molecular weight is 493 g/mol. The highest BCUT2D eigenvalue weighted by Crippen LogP contribution is 2.31. The van der Waals surface area contributed by atoms with Crippen molar-refractivity contribution in [3.8, 4) is 5.75 Å². The van der Waals surface area contributed by atoms with E-state index in [4.69, 9.17) is 27.9 Å². The van der Waals surface area contributed by atoms with Crippen molar-refractivity contribution in [1.29, 1.82) is 0 Å². The molecule has 0 heterocycles. The molecule has 0 spiro atoms. The molecule has 0 aromatic heterocycles. The highest BCUT2D eigenvalue weighted by Gasteiger charge is 2.30. The maximum atomic E-state index is 13.4. The molecule has 1 N–H and O–H groups in total. The Kier molecular flexibility index (Phi) is 9.62. The minimum Gasteiger partial charge on any atom is -0.483 e. The molecule has 0 fully saturated rings. The van der Waals surface area contributed by atoms with Crippen molar-refractivity contribution in [1.82, 2.24) is 10.2 Å². The van der Waals surface area contributed by atoms with E-state index >= 15 is 0 Å². The smallest absolute Gasteiger partial charge is 0.261 e. The lowest BCUT2D eigenvalue weighted by Gasteiger charge is -2.32. The van der Waals surface area contributed by atoms with Gasteiger partial charge in [-0.3, -0.25) is 9.59 Å². The van der Waals surface area contributed by atoms with Gasteiger partial charge in [0.2, 0.25) is 5.91 Å². The van der Waals surface area contributed by atoms with E-state index in [9.17, 15) is 9.59 Å². The van der Waals surface area contributed by atoms with Crippen LogP contribution in [0.25, 0.3) is 0 Å². The van der Waals surface area contributed by atoms with E-state index in [1.54, 1.807) is 18.2 Å². The Morgan fingerprint density at radius 1 is 1.03 bits per heavy atom. The number of ether oxygens (including phenoxy) is 1. The number of para-hydroxylation sites is 1. The standard InChI is InChI=1S/C26H34Cl2N2O3/c1-7-22(25(32)29-17(2)3)30(15-18-20(27)12-10-13-21(18)28)24(31)16-33-23-14-9-8-11-19(23)26(4,5)6/h8-14,17,22H,7,15-16H2,1-6H3,(H,29,32)/t22-/m0/s1. The van der Waals surface area contributed by atoms with Crippen molar-refractivity contribution >= 4 is 35.0 Å². The zero-order valence-electron chi connectivity index (χ0n) is 20.2. The Morgan fingerprint density at radius 2 is 1.64 bits per heavy atom. The van der Waals surface area contributed by atoms with Crippen molar-refractivity contribution in [3.63, 3.8) is 0 Å². The van der Waals surface area contributed by atoms with Crippen LogP contribution in [0.3, 0.4) is 0 Å². The normalized spacial score (nSPS) is 12.4. The SMILES string of the molecule is CC[C@@H](C(=O)NC(C)C)N(Cc1c(Cl)cccc1Cl)C(=O)COc1ccccc1C(C)(C)C. The van der Waals surface area contributed by atoms with Crippen LogP contribution in [0.4, 0.5) is 0 Å². The van der Waals surface area contributed by atoms with Crippen molar-refractivity contribution in [2.75, 3.05) is 6.61 Å². The second-order valence-electron chi connectivity index (χ2n) is 9.34. The molecular formula is C26H34Cl2N2O3. The van der Waals surface area contributed by atoms with E-state index in [1.807, 2.05) is 45.0 Å². The molecule has 2 rings (SSSR count). The molecule has 2 aromatic rings. The first-order valence-corrected chi connectivity index (χ1v) is 12.0. The van der Waals surface area contributed by atoms with Crippen LogP contribution in [-0.4, -0.2) is 35.4 Å². The number of amides is 2. The fourth-order valence-corrected chi connectivity index (χ4v) is 4.11. The monoisotopic (exact) mass is 492 g/mol. The van der Waals surface area contributed by atoms with Gasteiger partial charge in [0.05, 0.1) is 0 Å². The number of nitrogens with one attached hydrogen (secondary N) is 1. The third kappa shape index (κ3) is 7.38. The quantitative estimate of drug-likeness (QED) is 0.466. The highest BCUT2D eigenvalue weighted by molar-refractivity contribution is 6.36. The molecule has 2 amide bonds. The van der Waals surface area contributed by atoms with Gasteiger partial charge in [0.25, 0.3) is 5.91 Å². The Morgan fingerprint density at radius 3 is 2.18 bits per heavy atom. The molecule has 33 heavy (non-hydrogen) atoms. The van der Waals surface area contributed by atoms with Crippen LogP contribution in [0, 0.1) is 0 Å². The molecule has 0 radical (unpaired) electrons. The molecule has 2 aromatic carbocycles. The Hall–Kier alpha value is -2.24. The first kappa shape index (κ1) is 27.0. The first-order chi connectivity index (χ1) is 15.5. The number of carbonyl (C=O) groups excluding carboxylic acids is 2. The molecule has 0 saturated carbocycles. The molecule has 0 saturated heterocycles. The molecule has 1 atom stereocenters. The Balaban J connectivity index is 2.34. The van der Waals surface area contributed by atoms with Gasteiger partial charge in [0, 0.05) is 28.2 Å². The van der Waals surface area contributed by atoms with Crippen LogP contribution in [0.2, 0.25) is 10.0 Å². The summed E-state index contributed by atoms with van der Waals surface area (Å²) in [5, 5.41) is 3.79. The predicted molar refractivity (Wildman–Crippen MR) is 135 cm³/mol. The lowest BCUT2D eigenvalue weighted by molar-refractivity contribution is -0.143. The molecule has 0 unspecified atom stereocenters. The molecule has 180 valence electrons. The fourth-order valence-electron chi connectivity index (χ4n) is 3.59. The number of benzene rings is 2. The van der Waals surface area contributed by atoms with Gasteiger partial charge in [-0.15, -0.1) is 0 Å². The summed E-state index contributed by atoms with van der Waals surface area (Å²) in [5.74, 6) is 0.105. The number of hydrogen-bond donors (Lipinski definition) is 1. The lowest BCUT2D eigenvalue weighted by atomic mass is 9.86. The van der Waals surface area contributed by atoms with Crippen LogP contribution in [0.15, 0.2) is 42.5 Å². The van der Waals surface area contributed by atoms with E-state index in [2.05, 4.69) is 26.1 Å². The van der Waals surface area contributed by atoms with E-state index in [0.29, 0.717) is 27.8 Å². The maximum absolute atomic E-state index is 13.4. The number of carbonyl (C=O) groups is 2. The van der Waals surface area contributed by atoms with Gasteiger partial charge in [-0.05, 0) is 49.4 Å². The molecule has 7 heteroatoms. The number of nitrogens with zero attached hydrogens (tertiary/aromatic N) is 1. The van der Waals surface area contributed by atoms with Gasteiger partial charge in [0.15, 0.2) is 6.61 Å². The van der Waals surface area contributed by atoms with E-state index < -0.39 is 6.04 Å². The summed E-state index contributed by atoms with van der Waals surface area (Å²) in [6.45, 7) is 11.8. The second-order valence-corrected chi connectivity index (χ2v) is 10.2. The molecule has 0 aliphatic carbocycles. The molecule has 0 bridgehead atoms. The third-order valence-electron chi connectivity index (χ3n) is 5.25. The van der Waals surface area contributed by atoms with E-state index in [0.717, 1.165) is 5.56 Å². The molecular weight excluding hydrogens is 459 g/mol. The van der Waals surface area contributed by atoms with Gasteiger partial charge in [-0.2, -0.15) is 0 Å². The Bertz CT molecular complexity index is 950. The molecule has 5 nitrogen and oxygen atoms in total. The van der Waals surface area contributed by atoms with Gasteiger partial charge >= 0.3 is 0 Å². The van der Waals surface area contributed by atoms with Gasteiger partial charge in [0.1, 0.15) is 11.8 Å². The summed E-state index contributed by atoms with van der Waals surface area (Å²) in [5.41, 5.74) is 1.45. The summed E-state index contributed by atoms with van der Waals surface area (Å²) in [6, 6.07) is 12.1. The maximum Gasteiger partial charge on any atom is 0.261 e. The highest BCUT2D eigenvalue weighted by atomic mass is 35.5. The van der Waals surface area contributed by atoms with Crippen LogP contribution in [0.1, 0.15) is 59.1 Å². The second kappa shape index (κ2) is 11.8. The number of halogens is 2. The van der Waals surface area contributed by atoms with Crippen LogP contribution in [0.5, 0.6) is 5.75 Å². The lowest BCUT2D eigenvalue weighted by Crippen LogP contribution is -2.51. The van der Waals surface area contributed by atoms with Crippen molar-refractivity contribution in [3.05, 3.63) is 63.6 Å². The van der Waals surface area contributed by atoms with Gasteiger partial charge in [-0.25, -0.2) is 0 Å². The topological polar surface area (TPSA) is 58.6 Å². The summed E-state index contributed by atoms with van der Waals surface area (Å²) >= 11 is 12.8. The number of rotatable bonds is 9. The minimum absolute atomic E-state index is 0.0534. The van der Waals surface area contributed by atoms with Crippen LogP contribution >= 0.6 is 23.2 Å². The Labute approximate surface area is 207 Å². The predicted octanol–water partition coefficient (Wildman–Crippen LogP) is 6.00. The van der Waals surface area contributed by atoms with Crippen molar-refractivity contribution in [2.24, 2.45) is 0 Å². The van der Waals surface area contributed by atoms with E-state index in [-0.39, 0.29) is 36.4 Å². The van der Waals surface area contributed by atoms with E-state index in [1.165, 1.54) is 4.90 Å². The van der Waals surface area contributed by atoms with Crippen LogP contribution < -0.4 is 10.1 Å². The third-order valence-corrected chi connectivity index (χ3v) is 5.96. The van der Waals surface area contributed by atoms with Gasteiger partial charge in [-0.1, -0.05) is 75.2 Å². The summed E-state index contributed by atoms with van der Waals surface area (Å²) in [4.78, 5) is 27.9. The zero-order chi connectivity index (χ0) is 24.8. The summed E-state index contributed by atoms with van der Waals surface area (Å²) in [7, 11) is 0. The fraction of sp³-hybridized carbons (Fsp3) is 0.462. The minimum atomic E-state index is -0.686. The number of hydrogen-bond acceptors (Lipinski definition) is 3. The molecule has 0 aliphatic rings. The van der Waals surface area contributed by atoms with Gasteiger partial charge < -0.3 is 15.0 Å². The molecule has 0 aliphatic heterocycles. The first-order valence-electron chi connectivity index (χ1n) is 11.2.